The first-order chi connectivity index (χ1) is 14.3. The Hall–Kier alpha value is -2.60. The SMILES string of the molecule is CCCN1C(=O)[C@H](CC(=O)Nc2c(C)cccc2C)SC1=Nc1cc(C)cc(C)c1. The van der Waals surface area contributed by atoms with Gasteiger partial charge < -0.3 is 5.32 Å². The molecule has 1 aliphatic rings. The van der Waals surface area contributed by atoms with Crippen molar-refractivity contribution in [3.8, 4) is 0 Å². The summed E-state index contributed by atoms with van der Waals surface area (Å²) in [5, 5.41) is 3.21. The van der Waals surface area contributed by atoms with Crippen LogP contribution in [0.4, 0.5) is 11.4 Å². The molecule has 2 aromatic rings. The maximum Gasteiger partial charge on any atom is 0.242 e. The first kappa shape index (κ1) is 22.1. The highest BCUT2D eigenvalue weighted by molar-refractivity contribution is 8.15. The summed E-state index contributed by atoms with van der Waals surface area (Å²) >= 11 is 1.39. The molecule has 0 aromatic heterocycles. The molecule has 0 spiro atoms. The molecule has 3 rings (SSSR count). The van der Waals surface area contributed by atoms with Crippen LogP contribution < -0.4 is 5.32 Å². The van der Waals surface area contributed by atoms with Crippen LogP contribution in [0.15, 0.2) is 41.4 Å². The smallest absolute Gasteiger partial charge is 0.242 e. The lowest BCUT2D eigenvalue weighted by molar-refractivity contribution is -0.128. The van der Waals surface area contributed by atoms with E-state index in [-0.39, 0.29) is 18.2 Å². The number of benzene rings is 2. The number of nitrogens with zero attached hydrogens (tertiary/aromatic N) is 2. The van der Waals surface area contributed by atoms with Crippen LogP contribution in [0.3, 0.4) is 0 Å². The van der Waals surface area contributed by atoms with Crippen molar-refractivity contribution in [1.29, 1.82) is 0 Å². The van der Waals surface area contributed by atoms with Gasteiger partial charge in [0.25, 0.3) is 0 Å². The van der Waals surface area contributed by atoms with Gasteiger partial charge in [0.05, 0.1) is 5.69 Å². The molecule has 0 unspecified atom stereocenters. The van der Waals surface area contributed by atoms with E-state index in [1.165, 1.54) is 11.8 Å². The molecule has 2 amide bonds. The van der Waals surface area contributed by atoms with Gasteiger partial charge in [-0.1, -0.05) is 43.0 Å². The number of hydrogen-bond donors (Lipinski definition) is 1. The number of anilines is 1. The van der Waals surface area contributed by atoms with Crippen LogP contribution in [-0.2, 0) is 9.59 Å². The van der Waals surface area contributed by atoms with Gasteiger partial charge in [0.2, 0.25) is 11.8 Å². The van der Waals surface area contributed by atoms with Crippen molar-refractivity contribution in [3.05, 3.63) is 58.7 Å². The number of carbonyl (C=O) groups excluding carboxylic acids is 2. The predicted octanol–water partition coefficient (Wildman–Crippen LogP) is 5.29. The first-order valence-electron chi connectivity index (χ1n) is 10.3. The van der Waals surface area contributed by atoms with Crippen molar-refractivity contribution < 1.29 is 9.59 Å². The van der Waals surface area contributed by atoms with Crippen molar-refractivity contribution in [2.45, 2.75) is 52.7 Å². The zero-order valence-corrected chi connectivity index (χ0v) is 19.1. The number of para-hydroxylation sites is 1. The minimum atomic E-state index is -0.453. The highest BCUT2D eigenvalue weighted by atomic mass is 32.2. The molecule has 5 nitrogen and oxygen atoms in total. The number of rotatable bonds is 6. The molecule has 1 atom stereocenters. The van der Waals surface area contributed by atoms with Gasteiger partial charge in [-0.15, -0.1) is 0 Å². The lowest BCUT2D eigenvalue weighted by Gasteiger charge is -2.15. The highest BCUT2D eigenvalue weighted by Crippen LogP contribution is 2.32. The molecular weight excluding hydrogens is 394 g/mol. The first-order valence-corrected chi connectivity index (χ1v) is 11.2. The van der Waals surface area contributed by atoms with Gasteiger partial charge in [0, 0.05) is 18.7 Å². The van der Waals surface area contributed by atoms with Gasteiger partial charge in [-0.2, -0.15) is 0 Å². The van der Waals surface area contributed by atoms with Gasteiger partial charge >= 0.3 is 0 Å². The number of carbonyl (C=O) groups is 2. The van der Waals surface area contributed by atoms with E-state index in [9.17, 15) is 9.59 Å². The fourth-order valence-electron chi connectivity index (χ4n) is 3.65. The van der Waals surface area contributed by atoms with Gasteiger partial charge in [0.15, 0.2) is 5.17 Å². The summed E-state index contributed by atoms with van der Waals surface area (Å²) in [5.41, 5.74) is 5.96. The van der Waals surface area contributed by atoms with Crippen LogP contribution in [0.1, 0.15) is 42.0 Å². The van der Waals surface area contributed by atoms with Crippen LogP contribution in [-0.4, -0.2) is 33.7 Å². The van der Waals surface area contributed by atoms with E-state index in [0.717, 1.165) is 40.0 Å². The molecule has 6 heteroatoms. The van der Waals surface area contributed by atoms with Crippen LogP contribution in [0.5, 0.6) is 0 Å². The molecule has 1 aliphatic heterocycles. The Morgan fingerprint density at radius 3 is 2.33 bits per heavy atom. The molecule has 1 saturated heterocycles. The standard InChI is InChI=1S/C24H29N3O2S/c1-6-10-27-23(29)20(14-21(28)26-22-17(4)8-7-9-18(22)5)30-24(27)25-19-12-15(2)11-16(3)13-19/h7-9,11-13,20H,6,10,14H2,1-5H3,(H,26,28)/t20-/m0/s1. The highest BCUT2D eigenvalue weighted by Gasteiger charge is 2.38. The number of aryl methyl sites for hydroxylation is 4. The number of nitrogens with one attached hydrogen (secondary N) is 1. The molecule has 1 fully saturated rings. The lowest BCUT2D eigenvalue weighted by atomic mass is 10.1. The lowest BCUT2D eigenvalue weighted by Crippen LogP contribution is -2.34. The molecule has 0 saturated carbocycles. The molecular formula is C24H29N3O2S. The van der Waals surface area contributed by atoms with Crippen LogP contribution in [0.25, 0.3) is 0 Å². The Kier molecular flexibility index (Phi) is 6.98. The monoisotopic (exact) mass is 423 g/mol. The molecule has 158 valence electrons. The number of amides is 2. The third kappa shape index (κ3) is 5.11. The van der Waals surface area contributed by atoms with Gasteiger partial charge in [0.1, 0.15) is 5.25 Å². The van der Waals surface area contributed by atoms with E-state index >= 15 is 0 Å². The van der Waals surface area contributed by atoms with Crippen LogP contribution in [0, 0.1) is 27.7 Å². The number of hydrogen-bond acceptors (Lipinski definition) is 4. The van der Waals surface area contributed by atoms with Crippen molar-refractivity contribution in [3.63, 3.8) is 0 Å². The Labute approximate surface area is 183 Å². The maximum atomic E-state index is 13.0. The second-order valence-corrected chi connectivity index (χ2v) is 9.03. The zero-order chi connectivity index (χ0) is 21.8. The third-order valence-electron chi connectivity index (χ3n) is 5.01. The number of amidine groups is 1. The van der Waals surface area contributed by atoms with Crippen molar-refractivity contribution >= 4 is 40.1 Å². The Bertz CT molecular complexity index is 959. The van der Waals surface area contributed by atoms with Gasteiger partial charge in [-0.05, 0) is 68.5 Å². The van der Waals surface area contributed by atoms with Gasteiger partial charge in [-0.3, -0.25) is 14.5 Å². The molecule has 1 N–H and O–H groups in total. The maximum absolute atomic E-state index is 13.0. The van der Waals surface area contributed by atoms with Crippen molar-refractivity contribution in [2.75, 3.05) is 11.9 Å². The second kappa shape index (κ2) is 9.47. The van der Waals surface area contributed by atoms with Crippen LogP contribution >= 0.6 is 11.8 Å². The van der Waals surface area contributed by atoms with Crippen molar-refractivity contribution in [2.24, 2.45) is 4.99 Å². The Balaban J connectivity index is 1.78. The van der Waals surface area contributed by atoms with Crippen LogP contribution in [0.2, 0.25) is 0 Å². The molecule has 2 aromatic carbocycles. The molecule has 0 bridgehead atoms. The summed E-state index contributed by atoms with van der Waals surface area (Å²) < 4.78 is 0. The number of aliphatic imine (C=N–C) groups is 1. The minimum Gasteiger partial charge on any atom is -0.326 e. The summed E-state index contributed by atoms with van der Waals surface area (Å²) in [6.45, 7) is 10.6. The number of thioether (sulfide) groups is 1. The molecule has 1 heterocycles. The quantitative estimate of drug-likeness (QED) is 0.687. The van der Waals surface area contributed by atoms with E-state index in [0.29, 0.717) is 11.7 Å². The topological polar surface area (TPSA) is 61.8 Å². The van der Waals surface area contributed by atoms with Crippen molar-refractivity contribution in [1.82, 2.24) is 4.90 Å². The fourth-order valence-corrected chi connectivity index (χ4v) is 4.83. The summed E-state index contributed by atoms with van der Waals surface area (Å²) in [4.78, 5) is 32.2. The Morgan fingerprint density at radius 2 is 1.73 bits per heavy atom. The molecule has 30 heavy (non-hydrogen) atoms. The van der Waals surface area contributed by atoms with E-state index in [1.54, 1.807) is 4.90 Å². The largest absolute Gasteiger partial charge is 0.326 e. The third-order valence-corrected chi connectivity index (χ3v) is 6.19. The second-order valence-electron chi connectivity index (χ2n) is 7.86. The van der Waals surface area contributed by atoms with E-state index < -0.39 is 5.25 Å². The van der Waals surface area contributed by atoms with E-state index in [1.807, 2.05) is 65.0 Å². The molecule has 0 aliphatic carbocycles. The van der Waals surface area contributed by atoms with Gasteiger partial charge in [-0.25, -0.2) is 4.99 Å². The summed E-state index contributed by atoms with van der Waals surface area (Å²) in [5.74, 6) is -0.191. The Morgan fingerprint density at radius 1 is 1.10 bits per heavy atom. The van der Waals surface area contributed by atoms with E-state index in [4.69, 9.17) is 4.99 Å². The zero-order valence-electron chi connectivity index (χ0n) is 18.3. The minimum absolute atomic E-state index is 0.0402. The molecule has 0 radical (unpaired) electrons. The average molecular weight is 424 g/mol. The predicted molar refractivity (Wildman–Crippen MR) is 126 cm³/mol. The normalized spacial score (nSPS) is 17.6. The average Bonchev–Trinajstić information content (AvgIpc) is 2.93. The summed E-state index contributed by atoms with van der Waals surface area (Å²) in [7, 11) is 0. The summed E-state index contributed by atoms with van der Waals surface area (Å²) in [6, 6.07) is 12.0. The van der Waals surface area contributed by atoms with E-state index in [2.05, 4.69) is 11.4 Å². The fraction of sp³-hybridized carbons (Fsp3) is 0.375. The summed E-state index contributed by atoms with van der Waals surface area (Å²) in [6.07, 6.45) is 0.961.